The van der Waals surface area contributed by atoms with Gasteiger partial charge in [0.15, 0.2) is 0 Å². The Hall–Kier alpha value is -0.520. The Balaban J connectivity index is 2.08. The van der Waals surface area contributed by atoms with Crippen LogP contribution in [0.2, 0.25) is 0 Å². The minimum absolute atomic E-state index is 0.0576. The standard InChI is InChI=1S/C11H19NO/c1-2-3-7-12-9-10-5-4-6-11(13)8-10/h10-13H,4-9H2,1H3. The van der Waals surface area contributed by atoms with Gasteiger partial charge in [-0.05, 0) is 38.6 Å². The summed E-state index contributed by atoms with van der Waals surface area (Å²) < 4.78 is 0. The van der Waals surface area contributed by atoms with Crippen molar-refractivity contribution in [3.63, 3.8) is 0 Å². The van der Waals surface area contributed by atoms with Gasteiger partial charge in [0, 0.05) is 0 Å². The van der Waals surface area contributed by atoms with Crippen LogP contribution in [-0.4, -0.2) is 24.3 Å². The lowest BCUT2D eigenvalue weighted by Gasteiger charge is -2.25. The van der Waals surface area contributed by atoms with Gasteiger partial charge in [0.05, 0.1) is 12.6 Å². The summed E-state index contributed by atoms with van der Waals surface area (Å²) in [4.78, 5) is 0. The van der Waals surface area contributed by atoms with E-state index in [-0.39, 0.29) is 6.10 Å². The topological polar surface area (TPSA) is 32.3 Å². The summed E-state index contributed by atoms with van der Waals surface area (Å²) in [5.74, 6) is 6.48. The highest BCUT2D eigenvalue weighted by Crippen LogP contribution is 2.23. The Morgan fingerprint density at radius 3 is 3.00 bits per heavy atom. The summed E-state index contributed by atoms with van der Waals surface area (Å²) in [7, 11) is 0. The normalized spacial score (nSPS) is 27.8. The molecule has 1 aliphatic rings. The van der Waals surface area contributed by atoms with E-state index in [0.29, 0.717) is 5.92 Å². The van der Waals surface area contributed by atoms with Crippen LogP contribution in [0.15, 0.2) is 0 Å². The first-order chi connectivity index (χ1) is 6.33. The lowest BCUT2D eigenvalue weighted by Crippen LogP contribution is -2.29. The third kappa shape index (κ3) is 4.31. The molecule has 0 aromatic rings. The van der Waals surface area contributed by atoms with Gasteiger partial charge in [-0.25, -0.2) is 0 Å². The van der Waals surface area contributed by atoms with Crippen LogP contribution in [-0.2, 0) is 0 Å². The van der Waals surface area contributed by atoms with Crippen molar-refractivity contribution < 1.29 is 5.11 Å². The first kappa shape index (κ1) is 10.6. The molecular formula is C11H19NO. The van der Waals surface area contributed by atoms with E-state index >= 15 is 0 Å². The zero-order chi connectivity index (χ0) is 9.52. The molecule has 13 heavy (non-hydrogen) atoms. The zero-order valence-electron chi connectivity index (χ0n) is 8.34. The lowest BCUT2D eigenvalue weighted by molar-refractivity contribution is 0.101. The Morgan fingerprint density at radius 2 is 2.31 bits per heavy atom. The predicted octanol–water partition coefficient (Wildman–Crippen LogP) is 1.15. The Kier molecular flexibility index (Phi) is 4.88. The van der Waals surface area contributed by atoms with Gasteiger partial charge < -0.3 is 10.4 Å². The Labute approximate surface area is 80.7 Å². The average Bonchev–Trinajstić information content (AvgIpc) is 2.13. The SMILES string of the molecule is CC#CCNCC1CCCC(O)C1. The second-order valence-electron chi connectivity index (χ2n) is 3.74. The van der Waals surface area contributed by atoms with Crippen LogP contribution < -0.4 is 5.32 Å². The molecule has 0 bridgehead atoms. The van der Waals surface area contributed by atoms with E-state index in [2.05, 4.69) is 17.2 Å². The fourth-order valence-corrected chi connectivity index (χ4v) is 1.88. The second kappa shape index (κ2) is 6.01. The van der Waals surface area contributed by atoms with Gasteiger partial charge in [0.1, 0.15) is 0 Å². The molecule has 0 radical (unpaired) electrons. The maximum Gasteiger partial charge on any atom is 0.0576 e. The van der Waals surface area contributed by atoms with E-state index in [4.69, 9.17) is 0 Å². The van der Waals surface area contributed by atoms with Gasteiger partial charge >= 0.3 is 0 Å². The van der Waals surface area contributed by atoms with Crippen molar-refractivity contribution in [1.29, 1.82) is 0 Å². The van der Waals surface area contributed by atoms with Crippen molar-refractivity contribution >= 4 is 0 Å². The average molecular weight is 181 g/mol. The predicted molar refractivity (Wildman–Crippen MR) is 54.3 cm³/mol. The molecule has 0 aromatic heterocycles. The van der Waals surface area contributed by atoms with E-state index in [0.717, 1.165) is 25.9 Å². The quantitative estimate of drug-likeness (QED) is 0.505. The molecule has 1 rings (SSSR count). The molecule has 1 saturated carbocycles. The van der Waals surface area contributed by atoms with Crippen LogP contribution in [0.25, 0.3) is 0 Å². The molecule has 2 nitrogen and oxygen atoms in total. The number of hydrogen-bond donors (Lipinski definition) is 2. The van der Waals surface area contributed by atoms with Gasteiger partial charge in [-0.2, -0.15) is 0 Å². The zero-order valence-corrected chi connectivity index (χ0v) is 8.34. The monoisotopic (exact) mass is 181 g/mol. The molecule has 74 valence electrons. The smallest absolute Gasteiger partial charge is 0.0576 e. The molecule has 1 fully saturated rings. The molecule has 0 spiro atoms. The first-order valence-corrected chi connectivity index (χ1v) is 5.11. The van der Waals surface area contributed by atoms with Gasteiger partial charge in [-0.1, -0.05) is 12.3 Å². The summed E-state index contributed by atoms with van der Waals surface area (Å²) in [6.07, 6.45) is 4.33. The van der Waals surface area contributed by atoms with E-state index < -0.39 is 0 Å². The van der Waals surface area contributed by atoms with E-state index in [1.165, 1.54) is 12.8 Å². The molecule has 1 aliphatic carbocycles. The van der Waals surface area contributed by atoms with Crippen molar-refractivity contribution in [1.82, 2.24) is 5.32 Å². The highest BCUT2D eigenvalue weighted by molar-refractivity contribution is 4.97. The van der Waals surface area contributed by atoms with Gasteiger partial charge in [0.25, 0.3) is 0 Å². The van der Waals surface area contributed by atoms with Crippen LogP contribution in [0, 0.1) is 17.8 Å². The number of aliphatic hydroxyl groups is 1. The summed E-state index contributed by atoms with van der Waals surface area (Å²) >= 11 is 0. The van der Waals surface area contributed by atoms with Crippen molar-refractivity contribution in [3.8, 4) is 11.8 Å². The number of aliphatic hydroxyl groups excluding tert-OH is 1. The third-order valence-corrected chi connectivity index (χ3v) is 2.58. The van der Waals surface area contributed by atoms with Gasteiger partial charge in [0.2, 0.25) is 0 Å². The number of nitrogens with one attached hydrogen (secondary N) is 1. The van der Waals surface area contributed by atoms with Crippen LogP contribution in [0.1, 0.15) is 32.6 Å². The number of hydrogen-bond acceptors (Lipinski definition) is 2. The van der Waals surface area contributed by atoms with E-state index in [1.54, 1.807) is 0 Å². The number of rotatable bonds is 3. The molecule has 2 heteroatoms. The van der Waals surface area contributed by atoms with Crippen LogP contribution in [0.4, 0.5) is 0 Å². The summed E-state index contributed by atoms with van der Waals surface area (Å²) in [6.45, 7) is 3.64. The van der Waals surface area contributed by atoms with Crippen LogP contribution in [0.5, 0.6) is 0 Å². The molecule has 0 amide bonds. The first-order valence-electron chi connectivity index (χ1n) is 5.11. The highest BCUT2D eigenvalue weighted by atomic mass is 16.3. The van der Waals surface area contributed by atoms with E-state index in [1.807, 2.05) is 6.92 Å². The second-order valence-corrected chi connectivity index (χ2v) is 3.74. The maximum atomic E-state index is 9.43. The van der Waals surface area contributed by atoms with Crippen molar-refractivity contribution in [2.24, 2.45) is 5.92 Å². The van der Waals surface area contributed by atoms with Gasteiger partial charge in [-0.3, -0.25) is 0 Å². The minimum Gasteiger partial charge on any atom is -0.393 e. The minimum atomic E-state index is -0.0576. The van der Waals surface area contributed by atoms with Gasteiger partial charge in [-0.15, -0.1) is 5.92 Å². The van der Waals surface area contributed by atoms with Crippen molar-refractivity contribution in [3.05, 3.63) is 0 Å². The fourth-order valence-electron chi connectivity index (χ4n) is 1.88. The van der Waals surface area contributed by atoms with Crippen molar-refractivity contribution in [2.75, 3.05) is 13.1 Å². The lowest BCUT2D eigenvalue weighted by atomic mass is 9.87. The largest absolute Gasteiger partial charge is 0.393 e. The Bertz CT molecular complexity index is 192. The summed E-state index contributed by atoms with van der Waals surface area (Å²) in [5, 5.41) is 12.7. The molecule has 0 aliphatic heterocycles. The third-order valence-electron chi connectivity index (χ3n) is 2.58. The Morgan fingerprint density at radius 1 is 1.46 bits per heavy atom. The van der Waals surface area contributed by atoms with Crippen molar-refractivity contribution in [2.45, 2.75) is 38.7 Å². The maximum absolute atomic E-state index is 9.43. The molecule has 0 aromatic carbocycles. The summed E-state index contributed by atoms with van der Waals surface area (Å²) in [6, 6.07) is 0. The molecule has 2 N–H and O–H groups in total. The highest BCUT2D eigenvalue weighted by Gasteiger charge is 2.19. The molecule has 2 unspecified atom stereocenters. The summed E-state index contributed by atoms with van der Waals surface area (Å²) in [5.41, 5.74) is 0. The molecular weight excluding hydrogens is 162 g/mol. The molecule has 0 heterocycles. The van der Waals surface area contributed by atoms with Crippen LogP contribution >= 0.6 is 0 Å². The molecule has 0 saturated heterocycles. The van der Waals surface area contributed by atoms with Crippen LogP contribution in [0.3, 0.4) is 0 Å². The molecule has 2 atom stereocenters. The fraction of sp³-hybridized carbons (Fsp3) is 0.818. The van der Waals surface area contributed by atoms with E-state index in [9.17, 15) is 5.11 Å².